The Morgan fingerprint density at radius 2 is 0.938 bits per heavy atom. The number of hydrogen-bond donors (Lipinski definition) is 2. The Balaban J connectivity index is 1.71. The molecule has 9 nitrogen and oxygen atoms in total. The van der Waals surface area contributed by atoms with E-state index >= 15 is 0 Å². The molecule has 0 bridgehead atoms. The van der Waals surface area contributed by atoms with Gasteiger partial charge in [0.1, 0.15) is 5.75 Å². The second-order valence-corrected chi connectivity index (χ2v) is 16.0. The lowest BCUT2D eigenvalue weighted by Crippen LogP contribution is -2.21. The van der Waals surface area contributed by atoms with Crippen LogP contribution in [-0.4, -0.2) is 34.4 Å². The van der Waals surface area contributed by atoms with Gasteiger partial charge in [0.05, 0.1) is 17.2 Å². The SMILES string of the molecule is CCCCCCCCCCCCS(=O)(=O)Oc1ccc(NC(=O)Nc2ccccc2OS(=O)(=O)CCCCCCCCCCCC)cc1. The highest BCUT2D eigenvalue weighted by atomic mass is 32.2. The van der Waals surface area contributed by atoms with Crippen molar-refractivity contribution in [2.24, 2.45) is 0 Å². The molecular weight excluding hydrogens is 649 g/mol. The molecule has 0 aromatic heterocycles. The maximum absolute atomic E-state index is 12.7. The zero-order valence-electron chi connectivity index (χ0n) is 29.3. The maximum Gasteiger partial charge on any atom is 0.323 e. The van der Waals surface area contributed by atoms with Crippen molar-refractivity contribution >= 4 is 37.6 Å². The summed E-state index contributed by atoms with van der Waals surface area (Å²) in [6.07, 6.45) is 22.1. The van der Waals surface area contributed by atoms with E-state index in [1.54, 1.807) is 18.2 Å². The Morgan fingerprint density at radius 1 is 0.521 bits per heavy atom. The largest absolute Gasteiger partial charge is 0.382 e. The molecule has 0 aliphatic heterocycles. The summed E-state index contributed by atoms with van der Waals surface area (Å²) in [5.74, 6) is 0.0750. The van der Waals surface area contributed by atoms with Gasteiger partial charge in [-0.1, -0.05) is 142 Å². The molecule has 0 spiro atoms. The molecule has 0 radical (unpaired) electrons. The Bertz CT molecular complexity index is 1360. The van der Waals surface area contributed by atoms with Gasteiger partial charge in [0.15, 0.2) is 5.75 Å². The normalized spacial score (nSPS) is 11.7. The van der Waals surface area contributed by atoms with E-state index in [0.29, 0.717) is 18.5 Å². The van der Waals surface area contributed by atoms with Crippen LogP contribution < -0.4 is 19.0 Å². The minimum atomic E-state index is -3.83. The minimum Gasteiger partial charge on any atom is -0.382 e. The molecule has 11 heteroatoms. The van der Waals surface area contributed by atoms with Gasteiger partial charge >= 0.3 is 26.3 Å². The standard InChI is InChI=1S/C37H60N2O7S2/c1-3-5-7-9-11-13-15-17-19-23-31-47(41,42)45-34-29-27-33(28-30-34)38-37(40)39-35-25-21-22-26-36(35)46-48(43,44)32-24-20-18-16-14-12-10-8-6-4-2/h21-22,25-30H,3-20,23-24,31-32H2,1-2H3,(H2,38,39,40). The molecule has 2 amide bonds. The zero-order chi connectivity index (χ0) is 34.9. The van der Waals surface area contributed by atoms with Crippen molar-refractivity contribution in [1.29, 1.82) is 0 Å². The van der Waals surface area contributed by atoms with Gasteiger partial charge in [0.2, 0.25) is 0 Å². The summed E-state index contributed by atoms with van der Waals surface area (Å²) in [6.45, 7) is 4.42. The fourth-order valence-electron chi connectivity index (χ4n) is 5.42. The number of urea groups is 1. The molecule has 2 aromatic rings. The third-order valence-corrected chi connectivity index (χ3v) is 10.6. The Labute approximate surface area is 291 Å². The van der Waals surface area contributed by atoms with Crippen molar-refractivity contribution in [3.63, 3.8) is 0 Å². The van der Waals surface area contributed by atoms with Crippen LogP contribution in [0, 0.1) is 0 Å². The molecule has 48 heavy (non-hydrogen) atoms. The Hall–Kier alpha value is -2.79. The first-order valence-electron chi connectivity index (χ1n) is 18.3. The molecule has 0 heterocycles. The first kappa shape index (κ1) is 41.4. The van der Waals surface area contributed by atoms with E-state index in [0.717, 1.165) is 38.5 Å². The van der Waals surface area contributed by atoms with Gasteiger partial charge in [-0.2, -0.15) is 16.8 Å². The number of nitrogens with one attached hydrogen (secondary N) is 2. The van der Waals surface area contributed by atoms with Crippen LogP contribution in [0.2, 0.25) is 0 Å². The molecule has 2 rings (SSSR count). The number of rotatable bonds is 28. The minimum absolute atomic E-state index is 0.0380. The lowest BCUT2D eigenvalue weighted by Gasteiger charge is -2.13. The number of unbranched alkanes of at least 4 members (excludes halogenated alkanes) is 18. The quantitative estimate of drug-likeness (QED) is 0.0665. The van der Waals surface area contributed by atoms with Crippen LogP contribution in [0.1, 0.15) is 142 Å². The third-order valence-electron chi connectivity index (χ3n) is 8.18. The van der Waals surface area contributed by atoms with Gasteiger partial charge in [0, 0.05) is 5.69 Å². The zero-order valence-corrected chi connectivity index (χ0v) is 31.0. The number of carbonyl (C=O) groups excluding carboxylic acids is 1. The lowest BCUT2D eigenvalue weighted by molar-refractivity contribution is 0.262. The van der Waals surface area contributed by atoms with E-state index in [4.69, 9.17) is 8.37 Å². The van der Waals surface area contributed by atoms with Crippen LogP contribution in [0.3, 0.4) is 0 Å². The number of hydrogen-bond acceptors (Lipinski definition) is 7. The lowest BCUT2D eigenvalue weighted by atomic mass is 10.1. The van der Waals surface area contributed by atoms with Gasteiger partial charge in [-0.05, 0) is 49.2 Å². The number of benzene rings is 2. The van der Waals surface area contributed by atoms with E-state index in [-0.39, 0.29) is 28.7 Å². The molecule has 2 aromatic carbocycles. The fourth-order valence-corrected chi connectivity index (χ4v) is 7.53. The Kier molecular flexibility index (Phi) is 21.0. The number of para-hydroxylation sites is 2. The second kappa shape index (κ2) is 24.4. The molecule has 0 saturated heterocycles. The second-order valence-electron chi connectivity index (χ2n) is 12.7. The molecule has 0 unspecified atom stereocenters. The maximum atomic E-state index is 12.7. The summed E-state index contributed by atoms with van der Waals surface area (Å²) < 4.78 is 60.7. The summed E-state index contributed by atoms with van der Waals surface area (Å²) in [5.41, 5.74) is 0.610. The van der Waals surface area contributed by atoms with E-state index < -0.39 is 26.3 Å². The van der Waals surface area contributed by atoms with Crippen molar-refractivity contribution in [2.75, 3.05) is 22.1 Å². The van der Waals surface area contributed by atoms with Gasteiger partial charge in [-0.15, -0.1) is 0 Å². The summed E-state index contributed by atoms with van der Waals surface area (Å²) in [5, 5.41) is 5.28. The number of amides is 2. The van der Waals surface area contributed by atoms with E-state index in [9.17, 15) is 21.6 Å². The predicted octanol–water partition coefficient (Wildman–Crippen LogP) is 10.6. The Morgan fingerprint density at radius 3 is 1.42 bits per heavy atom. The molecule has 0 fully saturated rings. The van der Waals surface area contributed by atoms with E-state index in [1.165, 1.54) is 107 Å². The first-order valence-corrected chi connectivity index (χ1v) is 21.4. The molecular formula is C37H60N2O7S2. The average molecular weight is 709 g/mol. The van der Waals surface area contributed by atoms with Crippen LogP contribution in [0.4, 0.5) is 16.2 Å². The van der Waals surface area contributed by atoms with Crippen LogP contribution in [-0.2, 0) is 20.2 Å². The van der Waals surface area contributed by atoms with Crippen molar-refractivity contribution in [3.8, 4) is 11.5 Å². The van der Waals surface area contributed by atoms with Crippen molar-refractivity contribution < 1.29 is 30.0 Å². The highest BCUT2D eigenvalue weighted by Crippen LogP contribution is 2.26. The molecule has 0 aliphatic carbocycles. The van der Waals surface area contributed by atoms with Crippen LogP contribution in [0.15, 0.2) is 48.5 Å². The topological polar surface area (TPSA) is 128 Å². The average Bonchev–Trinajstić information content (AvgIpc) is 3.04. The van der Waals surface area contributed by atoms with Crippen LogP contribution >= 0.6 is 0 Å². The third kappa shape index (κ3) is 19.9. The molecule has 0 aliphatic rings. The monoisotopic (exact) mass is 708 g/mol. The smallest absolute Gasteiger partial charge is 0.323 e. The van der Waals surface area contributed by atoms with Crippen molar-refractivity contribution in [2.45, 2.75) is 142 Å². The summed E-state index contributed by atoms with van der Waals surface area (Å²) in [7, 11) is -7.55. The molecule has 272 valence electrons. The van der Waals surface area contributed by atoms with Crippen molar-refractivity contribution in [1.82, 2.24) is 0 Å². The van der Waals surface area contributed by atoms with E-state index in [2.05, 4.69) is 24.5 Å². The first-order chi connectivity index (χ1) is 23.1. The summed E-state index contributed by atoms with van der Waals surface area (Å²) in [6, 6.07) is 11.8. The van der Waals surface area contributed by atoms with Crippen LogP contribution in [0.25, 0.3) is 0 Å². The summed E-state index contributed by atoms with van der Waals surface area (Å²) in [4.78, 5) is 12.7. The molecule has 0 saturated carbocycles. The van der Waals surface area contributed by atoms with Gasteiger partial charge in [-0.3, -0.25) is 0 Å². The molecule has 2 N–H and O–H groups in total. The number of anilines is 2. The van der Waals surface area contributed by atoms with Gasteiger partial charge in [-0.25, -0.2) is 4.79 Å². The highest BCUT2D eigenvalue weighted by Gasteiger charge is 2.17. The van der Waals surface area contributed by atoms with Gasteiger partial charge in [0.25, 0.3) is 0 Å². The highest BCUT2D eigenvalue weighted by molar-refractivity contribution is 7.87. The predicted molar refractivity (Wildman–Crippen MR) is 198 cm³/mol. The van der Waals surface area contributed by atoms with Crippen molar-refractivity contribution in [3.05, 3.63) is 48.5 Å². The van der Waals surface area contributed by atoms with Crippen LogP contribution in [0.5, 0.6) is 11.5 Å². The summed E-state index contributed by atoms with van der Waals surface area (Å²) >= 11 is 0. The van der Waals surface area contributed by atoms with E-state index in [1.807, 2.05) is 0 Å². The molecule has 0 atom stereocenters. The fraction of sp³-hybridized carbons (Fsp3) is 0.649. The number of carbonyl (C=O) groups is 1. The van der Waals surface area contributed by atoms with Gasteiger partial charge < -0.3 is 19.0 Å².